The van der Waals surface area contributed by atoms with Crippen molar-refractivity contribution in [2.75, 3.05) is 0 Å². The van der Waals surface area contributed by atoms with Gasteiger partial charge in [0.25, 0.3) is 0 Å². The highest BCUT2D eigenvalue weighted by Gasteiger charge is 2.16. The van der Waals surface area contributed by atoms with Crippen molar-refractivity contribution in [2.24, 2.45) is 0 Å². The first-order valence-electron chi connectivity index (χ1n) is 4.05. The van der Waals surface area contributed by atoms with Crippen LogP contribution in [0.15, 0.2) is 47.6 Å². The summed E-state index contributed by atoms with van der Waals surface area (Å²) >= 11 is 0. The van der Waals surface area contributed by atoms with Gasteiger partial charge in [-0.25, -0.2) is 0 Å². The highest BCUT2D eigenvalue weighted by Crippen LogP contribution is 2.08. The van der Waals surface area contributed by atoms with Gasteiger partial charge >= 0.3 is 10.1 Å². The zero-order valence-corrected chi connectivity index (χ0v) is 8.33. The van der Waals surface area contributed by atoms with Gasteiger partial charge in [0.1, 0.15) is 4.90 Å². The van der Waals surface area contributed by atoms with Gasteiger partial charge in [-0.2, -0.15) is 8.42 Å². The maximum atomic E-state index is 11.6. The third kappa shape index (κ3) is 2.13. The van der Waals surface area contributed by atoms with E-state index in [2.05, 4.69) is 14.6 Å². The molecule has 7 heteroatoms. The zero-order chi connectivity index (χ0) is 10.7. The van der Waals surface area contributed by atoms with Gasteiger partial charge in [0, 0.05) is 0 Å². The lowest BCUT2D eigenvalue weighted by Crippen LogP contribution is -2.20. The van der Waals surface area contributed by atoms with Gasteiger partial charge in [0.15, 0.2) is 0 Å². The van der Waals surface area contributed by atoms with Gasteiger partial charge in [-0.1, -0.05) is 23.0 Å². The summed E-state index contributed by atoms with van der Waals surface area (Å²) < 4.78 is 27.8. The van der Waals surface area contributed by atoms with E-state index in [4.69, 9.17) is 0 Å². The summed E-state index contributed by atoms with van der Waals surface area (Å²) in [5, 5.41) is 6.82. The van der Waals surface area contributed by atoms with Crippen LogP contribution in [0.5, 0.6) is 0 Å². The number of hydrogen-bond donors (Lipinski definition) is 0. The minimum absolute atomic E-state index is 0.0699. The number of aromatic nitrogens is 3. The van der Waals surface area contributed by atoms with E-state index in [1.54, 1.807) is 18.2 Å². The second-order valence-corrected chi connectivity index (χ2v) is 4.18. The molecule has 0 radical (unpaired) electrons. The Bertz CT molecular complexity index is 522. The summed E-state index contributed by atoms with van der Waals surface area (Å²) in [6, 6.07) is 7.81. The molecule has 0 spiro atoms. The fourth-order valence-electron chi connectivity index (χ4n) is 0.968. The highest BCUT2D eigenvalue weighted by atomic mass is 32.2. The Morgan fingerprint density at radius 3 is 2.53 bits per heavy atom. The molecule has 0 aliphatic heterocycles. The highest BCUT2D eigenvalue weighted by molar-refractivity contribution is 7.87. The quantitative estimate of drug-likeness (QED) is 0.740. The van der Waals surface area contributed by atoms with Crippen molar-refractivity contribution in [1.82, 2.24) is 15.2 Å². The topological polar surface area (TPSA) is 74.1 Å². The summed E-state index contributed by atoms with van der Waals surface area (Å²) in [5.74, 6) is 0. The molecule has 1 aromatic carbocycles. The van der Waals surface area contributed by atoms with E-state index in [9.17, 15) is 8.42 Å². The molecule has 1 heterocycles. The second kappa shape index (κ2) is 3.70. The molecule has 1 aromatic heterocycles. The molecule has 0 bridgehead atoms. The molecule has 0 N–H and O–H groups in total. The predicted octanol–water partition coefficient (Wildman–Crippen LogP) is 0.0956. The number of rotatable bonds is 3. The standard InChI is InChI=1S/C8H7N3O3S/c12-15(13,8-4-2-1-3-5-8)14-11-7-6-9-10-11/h1-7H. The first-order valence-corrected chi connectivity index (χ1v) is 5.46. The lowest BCUT2D eigenvalue weighted by Gasteiger charge is -2.03. The molecule has 6 nitrogen and oxygen atoms in total. The van der Waals surface area contributed by atoms with Crippen LogP contribution in [0.4, 0.5) is 0 Å². The molecule has 0 saturated heterocycles. The molecule has 0 unspecified atom stereocenters. The molecular weight excluding hydrogens is 218 g/mol. The van der Waals surface area contributed by atoms with Crippen molar-refractivity contribution >= 4 is 10.1 Å². The molecule has 0 atom stereocenters. The first-order chi connectivity index (χ1) is 7.18. The predicted molar refractivity (Wildman–Crippen MR) is 50.2 cm³/mol. The minimum atomic E-state index is -3.82. The number of nitrogens with zero attached hydrogens (tertiary/aromatic N) is 3. The van der Waals surface area contributed by atoms with Crippen molar-refractivity contribution in [2.45, 2.75) is 4.90 Å². The van der Waals surface area contributed by atoms with Crippen LogP contribution < -0.4 is 4.28 Å². The molecule has 0 aliphatic carbocycles. The summed E-state index contributed by atoms with van der Waals surface area (Å²) in [6.07, 6.45) is 2.61. The van der Waals surface area contributed by atoms with Crippen LogP contribution in [-0.4, -0.2) is 23.6 Å². The molecule has 0 saturated carbocycles. The summed E-state index contributed by atoms with van der Waals surface area (Å²) in [5.41, 5.74) is 0. The monoisotopic (exact) mass is 225 g/mol. The normalized spacial score (nSPS) is 11.2. The van der Waals surface area contributed by atoms with Crippen LogP contribution in [0.3, 0.4) is 0 Å². The largest absolute Gasteiger partial charge is 0.358 e. The van der Waals surface area contributed by atoms with Crippen LogP contribution in [-0.2, 0) is 10.1 Å². The Morgan fingerprint density at radius 2 is 1.93 bits per heavy atom. The Labute approximate surface area is 86.2 Å². The Hall–Kier alpha value is -1.89. The average molecular weight is 225 g/mol. The van der Waals surface area contributed by atoms with Crippen LogP contribution in [0.2, 0.25) is 0 Å². The van der Waals surface area contributed by atoms with Crippen molar-refractivity contribution in [1.29, 1.82) is 0 Å². The van der Waals surface area contributed by atoms with E-state index in [-0.39, 0.29) is 4.90 Å². The molecule has 0 amide bonds. The number of benzene rings is 1. The first kappa shape index (κ1) is 9.66. The van der Waals surface area contributed by atoms with Crippen molar-refractivity contribution in [3.63, 3.8) is 0 Å². The fraction of sp³-hybridized carbons (Fsp3) is 0. The van der Waals surface area contributed by atoms with Crippen molar-refractivity contribution in [3.8, 4) is 0 Å². The van der Waals surface area contributed by atoms with E-state index < -0.39 is 10.1 Å². The van der Waals surface area contributed by atoms with Crippen molar-refractivity contribution in [3.05, 3.63) is 42.7 Å². The summed E-state index contributed by atoms with van der Waals surface area (Å²) in [6.45, 7) is 0. The van der Waals surface area contributed by atoms with Crippen LogP contribution in [0.25, 0.3) is 0 Å². The van der Waals surface area contributed by atoms with Gasteiger partial charge in [0.2, 0.25) is 0 Å². The zero-order valence-electron chi connectivity index (χ0n) is 7.52. The van der Waals surface area contributed by atoms with Crippen LogP contribution >= 0.6 is 0 Å². The maximum Gasteiger partial charge on any atom is 0.358 e. The SMILES string of the molecule is O=S(=O)(On1ccnn1)c1ccccc1. The maximum absolute atomic E-state index is 11.6. The van der Waals surface area contributed by atoms with E-state index >= 15 is 0 Å². The number of hydrogen-bond acceptors (Lipinski definition) is 5. The van der Waals surface area contributed by atoms with Gasteiger partial charge in [0.05, 0.1) is 12.4 Å². The molecule has 15 heavy (non-hydrogen) atoms. The van der Waals surface area contributed by atoms with Crippen LogP contribution in [0.1, 0.15) is 0 Å². The van der Waals surface area contributed by atoms with Gasteiger partial charge in [-0.15, -0.1) is 5.10 Å². The molecule has 2 aromatic rings. The molecule has 78 valence electrons. The molecule has 0 fully saturated rings. The Balaban J connectivity index is 2.29. The lowest BCUT2D eigenvalue weighted by atomic mass is 10.4. The van der Waals surface area contributed by atoms with E-state index in [1.807, 2.05) is 0 Å². The smallest absolute Gasteiger partial charge is 0.264 e. The Morgan fingerprint density at radius 1 is 1.20 bits per heavy atom. The molecular formula is C8H7N3O3S. The molecule has 2 rings (SSSR count). The summed E-state index contributed by atoms with van der Waals surface area (Å²) in [7, 11) is -3.82. The van der Waals surface area contributed by atoms with E-state index in [0.29, 0.717) is 0 Å². The summed E-state index contributed by atoms with van der Waals surface area (Å²) in [4.78, 5) is 0.850. The third-order valence-corrected chi connectivity index (χ3v) is 2.81. The van der Waals surface area contributed by atoms with Gasteiger partial charge in [-0.3, -0.25) is 4.28 Å². The average Bonchev–Trinajstić information content (AvgIpc) is 2.71. The minimum Gasteiger partial charge on any atom is -0.264 e. The van der Waals surface area contributed by atoms with Gasteiger partial charge < -0.3 is 0 Å². The van der Waals surface area contributed by atoms with E-state index in [0.717, 1.165) is 4.85 Å². The van der Waals surface area contributed by atoms with Crippen molar-refractivity contribution < 1.29 is 12.7 Å². The lowest BCUT2D eigenvalue weighted by molar-refractivity contribution is 0.233. The Kier molecular flexibility index (Phi) is 2.38. The second-order valence-electron chi connectivity index (χ2n) is 2.65. The fourth-order valence-corrected chi connectivity index (χ4v) is 1.82. The van der Waals surface area contributed by atoms with E-state index in [1.165, 1.54) is 24.5 Å². The molecule has 0 aliphatic rings. The van der Waals surface area contributed by atoms with Crippen LogP contribution in [0, 0.1) is 0 Å². The van der Waals surface area contributed by atoms with Gasteiger partial charge in [-0.05, 0) is 17.3 Å². The third-order valence-electron chi connectivity index (χ3n) is 1.61.